The van der Waals surface area contributed by atoms with Gasteiger partial charge >= 0.3 is 5.97 Å². The first-order valence-corrected chi connectivity index (χ1v) is 14.2. The van der Waals surface area contributed by atoms with Gasteiger partial charge in [-0.15, -0.1) is 0 Å². The molecule has 7 nitrogen and oxygen atoms in total. The molecule has 0 radical (unpaired) electrons. The number of benzene rings is 3. The number of amides is 1. The van der Waals surface area contributed by atoms with Gasteiger partial charge in [-0.1, -0.05) is 61.4 Å². The first-order chi connectivity index (χ1) is 20.0. The van der Waals surface area contributed by atoms with Gasteiger partial charge in [0, 0.05) is 18.5 Å². The molecule has 5 rings (SSSR count). The number of ether oxygens (including phenoxy) is 4. The van der Waals surface area contributed by atoms with E-state index in [2.05, 4.69) is 0 Å². The van der Waals surface area contributed by atoms with Crippen LogP contribution in [-0.2, 0) is 38.6 Å². The highest BCUT2D eigenvalue weighted by molar-refractivity contribution is 5.89. The molecule has 1 heterocycles. The van der Waals surface area contributed by atoms with Crippen LogP contribution in [0.25, 0.3) is 0 Å². The van der Waals surface area contributed by atoms with Crippen molar-refractivity contribution in [2.75, 3.05) is 13.7 Å². The first-order valence-electron chi connectivity index (χ1n) is 14.2. The van der Waals surface area contributed by atoms with E-state index in [1.165, 1.54) is 12.1 Å². The summed E-state index contributed by atoms with van der Waals surface area (Å²) in [6, 6.07) is 18.4. The number of esters is 1. The highest BCUT2D eigenvalue weighted by Gasteiger charge is 2.41. The molecule has 1 fully saturated rings. The van der Waals surface area contributed by atoms with Gasteiger partial charge in [-0.05, 0) is 54.7 Å². The fourth-order valence-electron chi connectivity index (χ4n) is 5.63. The Labute approximate surface area is 240 Å². The van der Waals surface area contributed by atoms with Gasteiger partial charge in [0.25, 0.3) is 5.91 Å². The molecule has 2 aliphatic rings. The van der Waals surface area contributed by atoms with E-state index in [4.69, 9.17) is 18.9 Å². The third-order valence-corrected chi connectivity index (χ3v) is 7.75. The summed E-state index contributed by atoms with van der Waals surface area (Å²) in [7, 11) is 1.55. The van der Waals surface area contributed by atoms with Crippen LogP contribution in [0.3, 0.4) is 0 Å². The van der Waals surface area contributed by atoms with Crippen molar-refractivity contribution in [3.63, 3.8) is 0 Å². The minimum atomic E-state index is -0.867. The molecule has 0 bridgehead atoms. The highest BCUT2D eigenvalue weighted by atomic mass is 19.1. The van der Waals surface area contributed by atoms with Crippen molar-refractivity contribution in [2.45, 2.75) is 70.4 Å². The SMILES string of the molecule is CCOC(=O)[C@@H]1Cc2c(ccc(OC)c2OCc2ccc(F)cc2)CN1C(=O)[C@@H](OC1CCCC1)c1ccccc1. The topological polar surface area (TPSA) is 74.3 Å². The third kappa shape index (κ3) is 6.54. The second-order valence-electron chi connectivity index (χ2n) is 10.4. The zero-order valence-corrected chi connectivity index (χ0v) is 23.5. The molecule has 3 aromatic carbocycles. The Balaban J connectivity index is 1.48. The molecular weight excluding hydrogens is 525 g/mol. The van der Waals surface area contributed by atoms with E-state index in [0.29, 0.717) is 11.5 Å². The maximum atomic E-state index is 14.3. The summed E-state index contributed by atoms with van der Waals surface area (Å²) >= 11 is 0. The van der Waals surface area contributed by atoms with Gasteiger partial charge in [-0.25, -0.2) is 9.18 Å². The van der Waals surface area contributed by atoms with Gasteiger partial charge in [0.15, 0.2) is 17.6 Å². The maximum absolute atomic E-state index is 14.3. The molecule has 3 aromatic rings. The van der Waals surface area contributed by atoms with E-state index in [-0.39, 0.29) is 44.0 Å². The molecule has 216 valence electrons. The summed E-state index contributed by atoms with van der Waals surface area (Å²) in [6.45, 7) is 2.31. The van der Waals surface area contributed by atoms with Crippen molar-refractivity contribution in [2.24, 2.45) is 0 Å². The van der Waals surface area contributed by atoms with Gasteiger partial charge in [0.1, 0.15) is 18.5 Å². The van der Waals surface area contributed by atoms with E-state index < -0.39 is 18.1 Å². The third-order valence-electron chi connectivity index (χ3n) is 7.75. The van der Waals surface area contributed by atoms with Crippen LogP contribution in [0.2, 0.25) is 0 Å². The Kier molecular flexibility index (Phi) is 9.19. The highest BCUT2D eigenvalue weighted by Crippen LogP contribution is 2.40. The second-order valence-corrected chi connectivity index (χ2v) is 10.4. The van der Waals surface area contributed by atoms with Crippen LogP contribution < -0.4 is 9.47 Å². The predicted octanol–water partition coefficient (Wildman–Crippen LogP) is 5.93. The van der Waals surface area contributed by atoms with Crippen LogP contribution in [0, 0.1) is 5.82 Å². The standard InChI is InChI=1S/C33H36FNO6/c1-3-39-33(37)28-19-27-24(15-18-29(38-2)31(27)40-21-22-13-16-25(34)17-14-22)20-35(28)32(36)30(23-9-5-4-6-10-23)41-26-11-7-8-12-26/h4-6,9-10,13-18,26,28,30H,3,7-8,11-12,19-21H2,1-2H3/t28-,30-/m0/s1. The van der Waals surface area contributed by atoms with E-state index in [0.717, 1.165) is 47.9 Å². The van der Waals surface area contributed by atoms with Gasteiger partial charge < -0.3 is 23.8 Å². The number of nitrogens with zero attached hydrogens (tertiary/aromatic N) is 1. The Morgan fingerprint density at radius 3 is 2.41 bits per heavy atom. The van der Waals surface area contributed by atoms with Crippen LogP contribution in [0.15, 0.2) is 66.7 Å². The van der Waals surface area contributed by atoms with Crippen molar-refractivity contribution in [3.05, 3.63) is 94.8 Å². The summed E-state index contributed by atoms with van der Waals surface area (Å²) in [5, 5.41) is 0. The van der Waals surface area contributed by atoms with Crippen LogP contribution in [-0.4, -0.2) is 42.6 Å². The zero-order chi connectivity index (χ0) is 28.8. The molecule has 0 saturated heterocycles. The fourth-order valence-corrected chi connectivity index (χ4v) is 5.63. The number of hydrogen-bond donors (Lipinski definition) is 0. The second kappa shape index (κ2) is 13.2. The fraction of sp³-hybridized carbons (Fsp3) is 0.394. The van der Waals surface area contributed by atoms with Crippen LogP contribution in [0.5, 0.6) is 11.5 Å². The summed E-state index contributed by atoms with van der Waals surface area (Å²) < 4.78 is 37.1. The average Bonchev–Trinajstić information content (AvgIpc) is 3.52. The summed E-state index contributed by atoms with van der Waals surface area (Å²) in [5.74, 6) is -0.0587. The zero-order valence-electron chi connectivity index (χ0n) is 23.5. The van der Waals surface area contributed by atoms with Gasteiger partial charge in [0.05, 0.1) is 19.8 Å². The number of hydrogen-bond acceptors (Lipinski definition) is 6. The molecule has 41 heavy (non-hydrogen) atoms. The van der Waals surface area contributed by atoms with E-state index in [1.54, 1.807) is 37.1 Å². The van der Waals surface area contributed by atoms with Crippen LogP contribution in [0.4, 0.5) is 4.39 Å². The van der Waals surface area contributed by atoms with Crippen LogP contribution in [0.1, 0.15) is 61.0 Å². The van der Waals surface area contributed by atoms with Crippen molar-refractivity contribution < 1.29 is 32.9 Å². The summed E-state index contributed by atoms with van der Waals surface area (Å²) in [5.41, 5.74) is 3.18. The Bertz CT molecular complexity index is 1340. The maximum Gasteiger partial charge on any atom is 0.329 e. The smallest absolute Gasteiger partial charge is 0.329 e. The van der Waals surface area contributed by atoms with E-state index in [9.17, 15) is 14.0 Å². The molecule has 0 aromatic heterocycles. The molecule has 1 aliphatic heterocycles. The van der Waals surface area contributed by atoms with E-state index in [1.807, 2.05) is 36.4 Å². The average molecular weight is 562 g/mol. The summed E-state index contributed by atoms with van der Waals surface area (Å²) in [6.07, 6.45) is 3.34. The Morgan fingerprint density at radius 2 is 1.73 bits per heavy atom. The largest absolute Gasteiger partial charge is 0.493 e. The van der Waals surface area contributed by atoms with Gasteiger partial charge in [-0.2, -0.15) is 0 Å². The number of rotatable bonds is 10. The Morgan fingerprint density at radius 1 is 1.00 bits per heavy atom. The number of carbonyl (C=O) groups excluding carboxylic acids is 2. The minimum Gasteiger partial charge on any atom is -0.493 e. The normalized spacial score (nSPS) is 17.5. The van der Waals surface area contributed by atoms with Crippen LogP contribution >= 0.6 is 0 Å². The lowest BCUT2D eigenvalue weighted by Crippen LogP contribution is -2.51. The predicted molar refractivity (Wildman–Crippen MR) is 151 cm³/mol. The van der Waals surface area contributed by atoms with Crippen molar-refractivity contribution in [1.29, 1.82) is 0 Å². The lowest BCUT2D eigenvalue weighted by molar-refractivity contribution is -0.163. The number of fused-ring (bicyclic) bond motifs is 1. The lowest BCUT2D eigenvalue weighted by atomic mass is 9.91. The number of carbonyl (C=O) groups is 2. The monoisotopic (exact) mass is 561 g/mol. The molecule has 1 saturated carbocycles. The molecule has 0 N–H and O–H groups in total. The quantitative estimate of drug-likeness (QED) is 0.286. The number of halogens is 1. The van der Waals surface area contributed by atoms with Crippen molar-refractivity contribution in [3.8, 4) is 11.5 Å². The molecule has 0 unspecified atom stereocenters. The molecule has 0 spiro atoms. The lowest BCUT2D eigenvalue weighted by Gasteiger charge is -2.38. The van der Waals surface area contributed by atoms with Crippen molar-refractivity contribution in [1.82, 2.24) is 4.90 Å². The summed E-state index contributed by atoms with van der Waals surface area (Å²) in [4.78, 5) is 29.2. The Hall–Kier alpha value is -3.91. The van der Waals surface area contributed by atoms with Gasteiger partial charge in [0.2, 0.25) is 0 Å². The molecule has 1 aliphatic carbocycles. The van der Waals surface area contributed by atoms with Gasteiger partial charge in [-0.3, -0.25) is 4.79 Å². The molecule has 8 heteroatoms. The molecule has 2 atom stereocenters. The molecular formula is C33H36FNO6. The van der Waals surface area contributed by atoms with Crippen molar-refractivity contribution >= 4 is 11.9 Å². The molecule has 1 amide bonds. The first kappa shape index (κ1) is 28.6. The minimum absolute atomic E-state index is 0.00185. The number of methoxy groups -OCH3 is 1. The van der Waals surface area contributed by atoms with E-state index >= 15 is 0 Å².